The van der Waals surface area contributed by atoms with Gasteiger partial charge in [0.25, 0.3) is 0 Å². The Morgan fingerprint density at radius 1 is 1.29 bits per heavy atom. The van der Waals surface area contributed by atoms with Crippen molar-refractivity contribution in [1.82, 2.24) is 4.72 Å². The highest BCUT2D eigenvalue weighted by atomic mass is 32.2. The van der Waals surface area contributed by atoms with Crippen LogP contribution < -0.4 is 4.72 Å². The maximum Gasteiger partial charge on any atom is 0.347 e. The van der Waals surface area contributed by atoms with E-state index < -0.39 is 16.0 Å². The molecular weight excluding hydrogens is 310 g/mol. The predicted molar refractivity (Wildman–Crippen MR) is 81.3 cm³/mol. The third-order valence-electron chi connectivity index (χ3n) is 2.93. The van der Waals surface area contributed by atoms with Crippen LogP contribution in [0.4, 0.5) is 0 Å². The Kier molecular flexibility index (Phi) is 4.76. The molecule has 0 atom stereocenters. The van der Waals surface area contributed by atoms with E-state index in [9.17, 15) is 13.2 Å². The molecule has 1 aromatic heterocycles. The number of aryl methyl sites for hydroxylation is 1. The monoisotopic (exact) mass is 325 g/mol. The van der Waals surface area contributed by atoms with Crippen molar-refractivity contribution in [2.75, 3.05) is 6.54 Å². The second kappa shape index (κ2) is 6.38. The number of hydrogen-bond acceptors (Lipinski definition) is 4. The van der Waals surface area contributed by atoms with E-state index in [0.717, 1.165) is 16.9 Å². The van der Waals surface area contributed by atoms with Crippen molar-refractivity contribution in [3.63, 3.8) is 0 Å². The van der Waals surface area contributed by atoms with Gasteiger partial charge in [0.2, 0.25) is 10.0 Å². The van der Waals surface area contributed by atoms with Crippen LogP contribution in [0.2, 0.25) is 0 Å². The van der Waals surface area contributed by atoms with Gasteiger partial charge in [0.1, 0.15) is 9.77 Å². The molecule has 0 spiro atoms. The summed E-state index contributed by atoms with van der Waals surface area (Å²) in [6, 6.07) is 9.48. The molecule has 21 heavy (non-hydrogen) atoms. The number of carboxylic acids is 1. The number of aromatic carboxylic acids is 1. The van der Waals surface area contributed by atoms with E-state index in [4.69, 9.17) is 5.11 Å². The minimum atomic E-state index is -3.81. The van der Waals surface area contributed by atoms with Crippen LogP contribution in [0, 0.1) is 6.92 Å². The number of sulfonamides is 1. The minimum absolute atomic E-state index is 0.131. The molecule has 2 N–H and O–H groups in total. The van der Waals surface area contributed by atoms with Crippen molar-refractivity contribution in [3.05, 3.63) is 51.7 Å². The van der Waals surface area contributed by atoms with Crippen LogP contribution in [0.25, 0.3) is 0 Å². The lowest BCUT2D eigenvalue weighted by Crippen LogP contribution is -2.27. The average Bonchev–Trinajstić information content (AvgIpc) is 2.83. The number of hydrogen-bond donors (Lipinski definition) is 2. The van der Waals surface area contributed by atoms with E-state index in [0.29, 0.717) is 12.0 Å². The Labute approximate surface area is 127 Å². The highest BCUT2D eigenvalue weighted by Gasteiger charge is 2.26. The molecule has 0 aliphatic rings. The number of thiophene rings is 1. The Balaban J connectivity index is 2.12. The van der Waals surface area contributed by atoms with Crippen molar-refractivity contribution in [1.29, 1.82) is 0 Å². The van der Waals surface area contributed by atoms with Crippen molar-refractivity contribution >= 4 is 27.3 Å². The summed E-state index contributed by atoms with van der Waals surface area (Å²) in [5, 5.41) is 10.6. The Morgan fingerprint density at radius 3 is 2.57 bits per heavy atom. The number of benzene rings is 1. The zero-order chi connectivity index (χ0) is 15.5. The Bertz CT molecular complexity index is 736. The molecule has 0 saturated carbocycles. The van der Waals surface area contributed by atoms with E-state index in [1.165, 1.54) is 5.38 Å². The smallest absolute Gasteiger partial charge is 0.347 e. The Morgan fingerprint density at radius 2 is 1.95 bits per heavy atom. The van der Waals surface area contributed by atoms with Gasteiger partial charge < -0.3 is 5.11 Å². The molecule has 0 fully saturated rings. The van der Waals surface area contributed by atoms with E-state index in [2.05, 4.69) is 4.72 Å². The van der Waals surface area contributed by atoms with E-state index in [-0.39, 0.29) is 16.3 Å². The normalized spacial score (nSPS) is 11.5. The van der Waals surface area contributed by atoms with Gasteiger partial charge in [-0.15, -0.1) is 11.3 Å². The molecule has 0 amide bonds. The summed E-state index contributed by atoms with van der Waals surface area (Å²) in [5.74, 6) is -1.23. The number of carboxylic acid groups (broad SMARTS) is 1. The highest BCUT2D eigenvalue weighted by Crippen LogP contribution is 2.26. The third kappa shape index (κ3) is 3.69. The number of nitrogens with one attached hydrogen (secondary N) is 1. The van der Waals surface area contributed by atoms with Gasteiger partial charge in [0, 0.05) is 6.54 Å². The van der Waals surface area contributed by atoms with Crippen LogP contribution in [0.1, 0.15) is 20.8 Å². The molecule has 0 unspecified atom stereocenters. The fourth-order valence-electron chi connectivity index (χ4n) is 1.96. The summed E-state index contributed by atoms with van der Waals surface area (Å²) in [7, 11) is -3.81. The van der Waals surface area contributed by atoms with Crippen LogP contribution >= 0.6 is 11.3 Å². The van der Waals surface area contributed by atoms with Gasteiger partial charge in [-0.3, -0.25) is 0 Å². The molecule has 0 bridgehead atoms. The van der Waals surface area contributed by atoms with Gasteiger partial charge >= 0.3 is 5.97 Å². The lowest BCUT2D eigenvalue weighted by molar-refractivity contribution is 0.0698. The van der Waals surface area contributed by atoms with Crippen LogP contribution in [-0.2, 0) is 16.4 Å². The van der Waals surface area contributed by atoms with Crippen LogP contribution in [0.15, 0.2) is 40.6 Å². The van der Waals surface area contributed by atoms with Crippen molar-refractivity contribution < 1.29 is 18.3 Å². The maximum absolute atomic E-state index is 12.3. The lowest BCUT2D eigenvalue weighted by atomic mass is 10.2. The standard InChI is InChI=1S/C14H15NO4S2/c1-10-9-20-12(14(16)17)13(10)21(18,19)15-8-7-11-5-3-2-4-6-11/h2-6,9,15H,7-8H2,1H3,(H,16,17). The van der Waals surface area contributed by atoms with Gasteiger partial charge in [-0.1, -0.05) is 30.3 Å². The summed E-state index contributed by atoms with van der Waals surface area (Å²) < 4.78 is 27.0. The number of carbonyl (C=O) groups is 1. The second-order valence-electron chi connectivity index (χ2n) is 4.52. The average molecular weight is 325 g/mol. The number of rotatable bonds is 6. The van der Waals surface area contributed by atoms with E-state index >= 15 is 0 Å². The first kappa shape index (κ1) is 15.7. The van der Waals surface area contributed by atoms with Gasteiger partial charge in [0.05, 0.1) is 0 Å². The molecular formula is C14H15NO4S2. The summed E-state index contributed by atoms with van der Waals surface area (Å²) in [6.45, 7) is 1.81. The first-order valence-electron chi connectivity index (χ1n) is 6.27. The highest BCUT2D eigenvalue weighted by molar-refractivity contribution is 7.89. The molecule has 1 heterocycles. The SMILES string of the molecule is Cc1csc(C(=O)O)c1S(=O)(=O)NCCc1ccccc1. The summed E-state index contributed by atoms with van der Waals surface area (Å²) >= 11 is 0.922. The van der Waals surface area contributed by atoms with Crippen LogP contribution in [0.3, 0.4) is 0 Å². The Hall–Kier alpha value is -1.70. The molecule has 2 aromatic rings. The summed E-state index contributed by atoms with van der Waals surface area (Å²) in [6.07, 6.45) is 0.547. The molecule has 0 saturated heterocycles. The van der Waals surface area contributed by atoms with Crippen molar-refractivity contribution in [3.8, 4) is 0 Å². The molecule has 7 heteroatoms. The second-order valence-corrected chi connectivity index (χ2v) is 7.10. The topological polar surface area (TPSA) is 83.5 Å². The molecule has 2 rings (SSSR count). The quantitative estimate of drug-likeness (QED) is 0.853. The molecule has 0 aliphatic heterocycles. The largest absolute Gasteiger partial charge is 0.477 e. The maximum atomic E-state index is 12.3. The summed E-state index contributed by atoms with van der Waals surface area (Å²) in [4.78, 5) is 10.8. The molecule has 0 aliphatic carbocycles. The van der Waals surface area contributed by atoms with Crippen molar-refractivity contribution in [2.24, 2.45) is 0 Å². The minimum Gasteiger partial charge on any atom is -0.477 e. The summed E-state index contributed by atoms with van der Waals surface area (Å²) in [5.41, 5.74) is 1.46. The molecule has 112 valence electrons. The van der Waals surface area contributed by atoms with Crippen LogP contribution in [0.5, 0.6) is 0 Å². The molecule has 0 radical (unpaired) electrons. The van der Waals surface area contributed by atoms with Gasteiger partial charge in [-0.25, -0.2) is 17.9 Å². The fourth-order valence-corrected chi connectivity index (χ4v) is 4.62. The van der Waals surface area contributed by atoms with Crippen molar-refractivity contribution in [2.45, 2.75) is 18.2 Å². The lowest BCUT2D eigenvalue weighted by Gasteiger charge is -2.08. The van der Waals surface area contributed by atoms with Crippen LogP contribution in [-0.4, -0.2) is 26.0 Å². The fraction of sp³-hybridized carbons (Fsp3) is 0.214. The van der Waals surface area contributed by atoms with Gasteiger partial charge in [0.15, 0.2) is 0 Å². The van der Waals surface area contributed by atoms with Gasteiger partial charge in [-0.2, -0.15) is 0 Å². The molecule has 1 aromatic carbocycles. The van der Waals surface area contributed by atoms with Gasteiger partial charge in [-0.05, 0) is 29.9 Å². The predicted octanol–water partition coefficient (Wildman–Crippen LogP) is 2.28. The van der Waals surface area contributed by atoms with E-state index in [1.807, 2.05) is 30.3 Å². The zero-order valence-corrected chi connectivity index (χ0v) is 13.0. The zero-order valence-electron chi connectivity index (χ0n) is 11.4. The van der Waals surface area contributed by atoms with E-state index in [1.54, 1.807) is 6.92 Å². The first-order chi connectivity index (χ1) is 9.92. The third-order valence-corrected chi connectivity index (χ3v) is 5.79. The first-order valence-corrected chi connectivity index (χ1v) is 8.63. The molecule has 5 nitrogen and oxygen atoms in total.